The summed E-state index contributed by atoms with van der Waals surface area (Å²) in [4.78, 5) is 23.6. The van der Waals surface area contributed by atoms with Crippen LogP contribution in [0.4, 0.5) is 5.69 Å². The van der Waals surface area contributed by atoms with Crippen LogP contribution in [-0.4, -0.2) is 29.5 Å². The standard InChI is InChI=1S/C20H19N3O3/c24-19-13-26-18-12-15(6-7-16(18)22-19)20(25)21-9-3-10-23-11-8-14-4-1-2-5-17(14)23/h1-2,4-8,11-12H,3,9-10,13H2,(H,21,25)(H,22,24). The lowest BCUT2D eigenvalue weighted by Gasteiger charge is -2.18. The van der Waals surface area contributed by atoms with Gasteiger partial charge in [-0.15, -0.1) is 0 Å². The number of nitrogens with one attached hydrogen (secondary N) is 2. The van der Waals surface area contributed by atoms with Gasteiger partial charge in [-0.1, -0.05) is 18.2 Å². The van der Waals surface area contributed by atoms with Crippen molar-refractivity contribution >= 4 is 28.4 Å². The van der Waals surface area contributed by atoms with E-state index in [1.807, 2.05) is 12.1 Å². The highest BCUT2D eigenvalue weighted by Gasteiger charge is 2.17. The van der Waals surface area contributed by atoms with Gasteiger partial charge in [0.25, 0.3) is 11.8 Å². The van der Waals surface area contributed by atoms with E-state index >= 15 is 0 Å². The number of fused-ring (bicyclic) bond motifs is 2. The minimum Gasteiger partial charge on any atom is -0.482 e. The number of carbonyl (C=O) groups is 2. The summed E-state index contributed by atoms with van der Waals surface area (Å²) in [5, 5.41) is 6.86. The fourth-order valence-corrected chi connectivity index (χ4v) is 3.10. The van der Waals surface area contributed by atoms with Crippen LogP contribution >= 0.6 is 0 Å². The highest BCUT2D eigenvalue weighted by Crippen LogP contribution is 2.28. The molecule has 0 saturated carbocycles. The van der Waals surface area contributed by atoms with Crippen LogP contribution in [0.25, 0.3) is 10.9 Å². The molecule has 0 atom stereocenters. The van der Waals surface area contributed by atoms with Crippen molar-refractivity contribution in [3.63, 3.8) is 0 Å². The molecule has 1 aliphatic heterocycles. The van der Waals surface area contributed by atoms with Crippen molar-refractivity contribution in [3.05, 3.63) is 60.3 Å². The van der Waals surface area contributed by atoms with E-state index in [4.69, 9.17) is 4.74 Å². The van der Waals surface area contributed by atoms with Gasteiger partial charge in [0.2, 0.25) is 0 Å². The molecule has 2 amide bonds. The van der Waals surface area contributed by atoms with Crippen LogP contribution < -0.4 is 15.4 Å². The van der Waals surface area contributed by atoms with Gasteiger partial charge in [0.05, 0.1) is 5.69 Å². The van der Waals surface area contributed by atoms with E-state index in [1.54, 1.807) is 18.2 Å². The van der Waals surface area contributed by atoms with Crippen molar-refractivity contribution in [1.82, 2.24) is 9.88 Å². The van der Waals surface area contributed by atoms with Crippen LogP contribution in [0.15, 0.2) is 54.7 Å². The predicted octanol–water partition coefficient (Wildman–Crippen LogP) is 2.79. The molecular formula is C20H19N3O3. The summed E-state index contributed by atoms with van der Waals surface area (Å²) in [5.74, 6) is 0.189. The Bertz CT molecular complexity index is 977. The molecule has 1 aliphatic rings. The van der Waals surface area contributed by atoms with Gasteiger partial charge in [-0.3, -0.25) is 9.59 Å². The zero-order chi connectivity index (χ0) is 17.9. The number of carbonyl (C=O) groups excluding carboxylic acids is 2. The third-order valence-electron chi connectivity index (χ3n) is 4.42. The first-order valence-corrected chi connectivity index (χ1v) is 8.59. The number of amides is 2. The summed E-state index contributed by atoms with van der Waals surface area (Å²) in [6.45, 7) is 1.40. The molecule has 1 aromatic heterocycles. The minimum absolute atomic E-state index is 0.0249. The van der Waals surface area contributed by atoms with Crippen LogP contribution in [0, 0.1) is 0 Å². The van der Waals surface area contributed by atoms with Crippen LogP contribution in [0.3, 0.4) is 0 Å². The number of anilines is 1. The van der Waals surface area contributed by atoms with E-state index in [0.29, 0.717) is 23.5 Å². The molecule has 6 nitrogen and oxygen atoms in total. The SMILES string of the molecule is O=C1COc2cc(C(=O)NCCCn3ccc4ccccc43)ccc2N1. The quantitative estimate of drug-likeness (QED) is 0.696. The first-order valence-electron chi connectivity index (χ1n) is 8.59. The molecular weight excluding hydrogens is 330 g/mol. The highest BCUT2D eigenvalue weighted by molar-refractivity contribution is 5.99. The smallest absolute Gasteiger partial charge is 0.262 e. The fraction of sp³-hybridized carbons (Fsp3) is 0.200. The third-order valence-corrected chi connectivity index (χ3v) is 4.42. The van der Waals surface area contributed by atoms with Crippen molar-refractivity contribution in [1.29, 1.82) is 0 Å². The minimum atomic E-state index is -0.188. The zero-order valence-corrected chi connectivity index (χ0v) is 14.2. The molecule has 0 fully saturated rings. The number of ether oxygens (including phenoxy) is 1. The van der Waals surface area contributed by atoms with Crippen molar-refractivity contribution in [2.24, 2.45) is 0 Å². The van der Waals surface area contributed by atoms with Crippen molar-refractivity contribution < 1.29 is 14.3 Å². The number of hydrogen-bond acceptors (Lipinski definition) is 3. The van der Waals surface area contributed by atoms with E-state index in [0.717, 1.165) is 13.0 Å². The molecule has 6 heteroatoms. The molecule has 2 N–H and O–H groups in total. The second-order valence-electron chi connectivity index (χ2n) is 6.23. The second kappa shape index (κ2) is 6.92. The molecule has 3 aromatic rings. The Hall–Kier alpha value is -3.28. The number of nitrogens with zero attached hydrogens (tertiary/aromatic N) is 1. The summed E-state index contributed by atoms with van der Waals surface area (Å²) < 4.78 is 7.54. The molecule has 0 aliphatic carbocycles. The number of aryl methyl sites for hydroxylation is 1. The molecule has 0 radical (unpaired) electrons. The molecule has 2 heterocycles. The summed E-state index contributed by atoms with van der Waals surface area (Å²) in [6, 6.07) is 15.4. The largest absolute Gasteiger partial charge is 0.482 e. The maximum atomic E-state index is 12.3. The fourth-order valence-electron chi connectivity index (χ4n) is 3.10. The van der Waals surface area contributed by atoms with Gasteiger partial charge >= 0.3 is 0 Å². The van der Waals surface area contributed by atoms with Crippen molar-refractivity contribution in [3.8, 4) is 5.75 Å². The predicted molar refractivity (Wildman–Crippen MR) is 99.5 cm³/mol. The highest BCUT2D eigenvalue weighted by atomic mass is 16.5. The van der Waals surface area contributed by atoms with Gasteiger partial charge in [0, 0.05) is 30.4 Å². The van der Waals surface area contributed by atoms with E-state index in [2.05, 4.69) is 39.6 Å². The van der Waals surface area contributed by atoms with Crippen molar-refractivity contribution in [2.75, 3.05) is 18.5 Å². The molecule has 0 unspecified atom stereocenters. The van der Waals surface area contributed by atoms with Crippen LogP contribution in [0.5, 0.6) is 5.75 Å². The van der Waals surface area contributed by atoms with E-state index in [-0.39, 0.29) is 18.4 Å². The lowest BCUT2D eigenvalue weighted by molar-refractivity contribution is -0.118. The number of rotatable bonds is 5. The number of benzene rings is 2. The Kier molecular flexibility index (Phi) is 4.31. The molecule has 4 rings (SSSR count). The van der Waals surface area contributed by atoms with E-state index in [1.165, 1.54) is 10.9 Å². The summed E-state index contributed by atoms with van der Waals surface area (Å²) >= 11 is 0. The zero-order valence-electron chi connectivity index (χ0n) is 14.2. The number of hydrogen-bond donors (Lipinski definition) is 2. The molecule has 26 heavy (non-hydrogen) atoms. The van der Waals surface area contributed by atoms with Gasteiger partial charge in [-0.25, -0.2) is 0 Å². The topological polar surface area (TPSA) is 72.4 Å². The summed E-state index contributed by atoms with van der Waals surface area (Å²) in [7, 11) is 0. The van der Waals surface area contributed by atoms with Crippen LogP contribution in [0.2, 0.25) is 0 Å². The third kappa shape index (κ3) is 3.26. The van der Waals surface area contributed by atoms with E-state index < -0.39 is 0 Å². The average Bonchev–Trinajstić information content (AvgIpc) is 3.08. The maximum absolute atomic E-state index is 12.3. The van der Waals surface area contributed by atoms with Crippen LogP contribution in [-0.2, 0) is 11.3 Å². The summed E-state index contributed by atoms with van der Waals surface area (Å²) in [5.41, 5.74) is 2.32. The normalized spacial score (nSPS) is 13.0. The van der Waals surface area contributed by atoms with Gasteiger partial charge < -0.3 is 19.9 Å². The average molecular weight is 349 g/mol. The van der Waals surface area contributed by atoms with Crippen molar-refractivity contribution in [2.45, 2.75) is 13.0 Å². The Morgan fingerprint density at radius 2 is 2.08 bits per heavy atom. The Morgan fingerprint density at radius 1 is 1.19 bits per heavy atom. The van der Waals surface area contributed by atoms with E-state index in [9.17, 15) is 9.59 Å². The molecule has 2 aromatic carbocycles. The van der Waals surface area contributed by atoms with Gasteiger partial charge in [-0.05, 0) is 42.1 Å². The Balaban J connectivity index is 1.32. The maximum Gasteiger partial charge on any atom is 0.262 e. The molecule has 132 valence electrons. The first kappa shape index (κ1) is 16.2. The number of para-hydroxylation sites is 1. The second-order valence-corrected chi connectivity index (χ2v) is 6.23. The Labute approximate surface area is 150 Å². The number of aromatic nitrogens is 1. The lowest BCUT2D eigenvalue weighted by atomic mass is 10.1. The Morgan fingerprint density at radius 3 is 3.00 bits per heavy atom. The summed E-state index contributed by atoms with van der Waals surface area (Å²) in [6.07, 6.45) is 2.91. The van der Waals surface area contributed by atoms with Crippen LogP contribution in [0.1, 0.15) is 16.8 Å². The van der Waals surface area contributed by atoms with Gasteiger partial charge in [-0.2, -0.15) is 0 Å². The first-order chi connectivity index (χ1) is 12.7. The molecule has 0 bridgehead atoms. The van der Waals surface area contributed by atoms with Gasteiger partial charge in [0.15, 0.2) is 6.61 Å². The molecule has 0 spiro atoms. The molecule has 0 saturated heterocycles. The van der Waals surface area contributed by atoms with Gasteiger partial charge in [0.1, 0.15) is 5.75 Å². The monoisotopic (exact) mass is 349 g/mol. The lowest BCUT2D eigenvalue weighted by Crippen LogP contribution is -2.27.